The third-order valence-electron chi connectivity index (χ3n) is 3.21. The van der Waals surface area contributed by atoms with Gasteiger partial charge >= 0.3 is 0 Å². The molecule has 0 aromatic heterocycles. The van der Waals surface area contributed by atoms with Crippen LogP contribution in [0, 0.1) is 0 Å². The van der Waals surface area contributed by atoms with E-state index in [2.05, 4.69) is 4.72 Å². The fourth-order valence-corrected chi connectivity index (χ4v) is 3.47. The standard InChI is InChI=1S/C15H17ClN2O2S/c1-11(12-5-3-2-4-6-12)10-18-21(19,20)15-9-13(16)7-8-14(15)17/h2-9,11,18H,10,17H2,1H3. The molecular formula is C15H17ClN2O2S. The van der Waals surface area contributed by atoms with Gasteiger partial charge in [-0.05, 0) is 29.7 Å². The van der Waals surface area contributed by atoms with Crippen molar-refractivity contribution in [3.05, 3.63) is 59.1 Å². The molecule has 1 atom stereocenters. The Morgan fingerprint density at radius 2 is 1.86 bits per heavy atom. The summed E-state index contributed by atoms with van der Waals surface area (Å²) in [5.41, 5.74) is 6.96. The van der Waals surface area contributed by atoms with Gasteiger partial charge < -0.3 is 5.73 Å². The summed E-state index contributed by atoms with van der Waals surface area (Å²) in [4.78, 5) is 0.00950. The van der Waals surface area contributed by atoms with Gasteiger partial charge in [-0.25, -0.2) is 13.1 Å². The minimum absolute atomic E-state index is 0.00950. The van der Waals surface area contributed by atoms with Crippen molar-refractivity contribution in [1.82, 2.24) is 4.72 Å². The maximum absolute atomic E-state index is 12.3. The van der Waals surface area contributed by atoms with E-state index in [1.807, 2.05) is 37.3 Å². The monoisotopic (exact) mass is 324 g/mol. The highest BCUT2D eigenvalue weighted by Gasteiger charge is 2.19. The van der Waals surface area contributed by atoms with Gasteiger partial charge in [-0.2, -0.15) is 0 Å². The average Bonchev–Trinajstić information content (AvgIpc) is 2.48. The Labute approximate surface area is 130 Å². The Bertz CT molecular complexity index is 718. The van der Waals surface area contributed by atoms with Gasteiger partial charge in [0.1, 0.15) is 4.90 Å². The van der Waals surface area contributed by atoms with E-state index in [1.165, 1.54) is 12.1 Å². The van der Waals surface area contributed by atoms with Crippen LogP contribution < -0.4 is 10.5 Å². The average molecular weight is 325 g/mol. The molecule has 2 rings (SSSR count). The van der Waals surface area contributed by atoms with Crippen molar-refractivity contribution < 1.29 is 8.42 Å². The van der Waals surface area contributed by atoms with Gasteiger partial charge in [0, 0.05) is 11.6 Å². The van der Waals surface area contributed by atoms with Gasteiger partial charge in [0.15, 0.2) is 0 Å². The molecule has 0 amide bonds. The lowest BCUT2D eigenvalue weighted by Gasteiger charge is -2.14. The van der Waals surface area contributed by atoms with Crippen molar-refractivity contribution in [3.8, 4) is 0 Å². The fraction of sp³-hybridized carbons (Fsp3) is 0.200. The van der Waals surface area contributed by atoms with E-state index < -0.39 is 10.0 Å². The maximum Gasteiger partial charge on any atom is 0.242 e. The molecule has 0 spiro atoms. The van der Waals surface area contributed by atoms with E-state index in [0.29, 0.717) is 5.02 Å². The molecule has 0 aliphatic heterocycles. The SMILES string of the molecule is CC(CNS(=O)(=O)c1cc(Cl)ccc1N)c1ccccc1. The number of rotatable bonds is 5. The van der Waals surface area contributed by atoms with E-state index in [4.69, 9.17) is 17.3 Å². The normalized spacial score (nSPS) is 13.0. The third kappa shape index (κ3) is 3.97. The molecule has 4 nitrogen and oxygen atoms in total. The van der Waals surface area contributed by atoms with Crippen molar-refractivity contribution in [1.29, 1.82) is 0 Å². The van der Waals surface area contributed by atoms with Crippen molar-refractivity contribution in [2.45, 2.75) is 17.7 Å². The molecule has 0 bridgehead atoms. The highest BCUT2D eigenvalue weighted by atomic mass is 35.5. The fourth-order valence-electron chi connectivity index (χ4n) is 1.95. The highest BCUT2D eigenvalue weighted by molar-refractivity contribution is 7.89. The van der Waals surface area contributed by atoms with Crippen molar-refractivity contribution in [3.63, 3.8) is 0 Å². The van der Waals surface area contributed by atoms with Gasteiger partial charge in [-0.1, -0.05) is 48.9 Å². The lowest BCUT2D eigenvalue weighted by atomic mass is 10.0. The second kappa shape index (κ2) is 6.47. The van der Waals surface area contributed by atoms with Crippen LogP contribution in [0.1, 0.15) is 18.4 Å². The summed E-state index contributed by atoms with van der Waals surface area (Å²) < 4.78 is 27.2. The minimum atomic E-state index is -3.68. The number of benzene rings is 2. The van der Waals surface area contributed by atoms with E-state index in [-0.39, 0.29) is 23.0 Å². The van der Waals surface area contributed by atoms with Gasteiger partial charge in [0.25, 0.3) is 0 Å². The summed E-state index contributed by atoms with van der Waals surface area (Å²) in [6.45, 7) is 2.25. The van der Waals surface area contributed by atoms with Crippen LogP contribution in [0.25, 0.3) is 0 Å². The zero-order chi connectivity index (χ0) is 15.5. The van der Waals surface area contributed by atoms with Crippen LogP contribution in [0.2, 0.25) is 5.02 Å². The quantitative estimate of drug-likeness (QED) is 0.830. The molecule has 0 heterocycles. The number of sulfonamides is 1. The zero-order valence-electron chi connectivity index (χ0n) is 11.6. The summed E-state index contributed by atoms with van der Waals surface area (Å²) in [6, 6.07) is 14.1. The van der Waals surface area contributed by atoms with Crippen molar-refractivity contribution in [2.24, 2.45) is 0 Å². The van der Waals surface area contributed by atoms with Gasteiger partial charge in [0.05, 0.1) is 5.69 Å². The molecule has 0 radical (unpaired) electrons. The number of anilines is 1. The molecular weight excluding hydrogens is 308 g/mol. The molecule has 21 heavy (non-hydrogen) atoms. The number of nitrogen functional groups attached to an aromatic ring is 1. The van der Waals surface area contributed by atoms with E-state index >= 15 is 0 Å². The second-order valence-corrected chi connectivity index (χ2v) is 7.02. The molecule has 2 aromatic rings. The molecule has 0 aliphatic carbocycles. The zero-order valence-corrected chi connectivity index (χ0v) is 13.2. The van der Waals surface area contributed by atoms with Crippen LogP contribution in [0.4, 0.5) is 5.69 Å². The predicted molar refractivity (Wildman–Crippen MR) is 85.9 cm³/mol. The van der Waals surface area contributed by atoms with Crippen LogP contribution >= 0.6 is 11.6 Å². The summed E-state index contributed by atoms with van der Waals surface area (Å²) in [5.74, 6) is 0.0568. The molecule has 0 saturated heterocycles. The number of hydrogen-bond donors (Lipinski definition) is 2. The van der Waals surface area contributed by atoms with Gasteiger partial charge in [-0.15, -0.1) is 0 Å². The number of halogens is 1. The first-order valence-corrected chi connectivity index (χ1v) is 8.36. The molecule has 1 unspecified atom stereocenters. The first kappa shape index (κ1) is 15.8. The number of hydrogen-bond acceptors (Lipinski definition) is 3. The van der Waals surface area contributed by atoms with Gasteiger partial charge in [-0.3, -0.25) is 0 Å². The molecule has 112 valence electrons. The highest BCUT2D eigenvalue weighted by Crippen LogP contribution is 2.23. The Morgan fingerprint density at radius 3 is 2.52 bits per heavy atom. The van der Waals surface area contributed by atoms with Crippen LogP contribution in [0.5, 0.6) is 0 Å². The lowest BCUT2D eigenvalue weighted by Crippen LogP contribution is -2.28. The van der Waals surface area contributed by atoms with E-state index in [1.54, 1.807) is 6.07 Å². The predicted octanol–water partition coefficient (Wildman–Crippen LogP) is 3.00. The Balaban J connectivity index is 2.13. The summed E-state index contributed by atoms with van der Waals surface area (Å²) in [6.07, 6.45) is 0. The Kier molecular flexibility index (Phi) is 4.88. The Hall–Kier alpha value is -1.56. The van der Waals surface area contributed by atoms with E-state index in [0.717, 1.165) is 5.56 Å². The van der Waals surface area contributed by atoms with Crippen LogP contribution in [0.15, 0.2) is 53.4 Å². The van der Waals surface area contributed by atoms with E-state index in [9.17, 15) is 8.42 Å². The number of nitrogens with two attached hydrogens (primary N) is 1. The molecule has 2 aromatic carbocycles. The second-order valence-electron chi connectivity index (χ2n) is 4.85. The molecule has 0 saturated carbocycles. The summed E-state index contributed by atoms with van der Waals surface area (Å²) in [7, 11) is -3.68. The van der Waals surface area contributed by atoms with Crippen LogP contribution in [0.3, 0.4) is 0 Å². The first-order valence-electron chi connectivity index (χ1n) is 6.50. The maximum atomic E-state index is 12.3. The molecule has 3 N–H and O–H groups in total. The number of nitrogens with one attached hydrogen (secondary N) is 1. The minimum Gasteiger partial charge on any atom is -0.398 e. The van der Waals surface area contributed by atoms with Gasteiger partial charge in [0.2, 0.25) is 10.0 Å². The first-order chi connectivity index (χ1) is 9.90. The molecule has 0 fully saturated rings. The van der Waals surface area contributed by atoms with Crippen LogP contribution in [-0.4, -0.2) is 15.0 Å². The summed E-state index contributed by atoms with van der Waals surface area (Å²) in [5, 5.41) is 0.334. The topological polar surface area (TPSA) is 72.2 Å². The summed E-state index contributed by atoms with van der Waals surface area (Å²) >= 11 is 5.83. The lowest BCUT2D eigenvalue weighted by molar-refractivity contribution is 0.575. The third-order valence-corrected chi connectivity index (χ3v) is 4.93. The van der Waals surface area contributed by atoms with Crippen molar-refractivity contribution >= 4 is 27.3 Å². The molecule has 0 aliphatic rings. The van der Waals surface area contributed by atoms with Crippen LogP contribution in [-0.2, 0) is 10.0 Å². The van der Waals surface area contributed by atoms with Crippen molar-refractivity contribution in [2.75, 3.05) is 12.3 Å². The smallest absolute Gasteiger partial charge is 0.242 e. The molecule has 6 heteroatoms. The largest absolute Gasteiger partial charge is 0.398 e. The Morgan fingerprint density at radius 1 is 1.19 bits per heavy atom.